The topological polar surface area (TPSA) is 38.3 Å². The van der Waals surface area contributed by atoms with Gasteiger partial charge in [0.05, 0.1) is 6.61 Å². The van der Waals surface area contributed by atoms with Gasteiger partial charge in [0.25, 0.3) is 0 Å². The maximum atomic E-state index is 12.0. The smallest absolute Gasteiger partial charge is 0.224 e. The molecule has 2 aromatic rings. The number of hydrogen-bond acceptors (Lipinski definition) is 2. The number of aryl methyl sites for hydroxylation is 1. The third kappa shape index (κ3) is 4.88. The molecule has 0 aromatic heterocycles. The molecule has 0 fully saturated rings. The molecule has 2 rings (SSSR count). The van der Waals surface area contributed by atoms with Crippen LogP contribution in [0.25, 0.3) is 0 Å². The molecule has 0 aliphatic rings. The summed E-state index contributed by atoms with van der Waals surface area (Å²) in [5.74, 6) is 0.829. The van der Waals surface area contributed by atoms with E-state index in [9.17, 15) is 4.79 Å². The lowest BCUT2D eigenvalue weighted by atomic mass is 10.1. The Kier molecular flexibility index (Phi) is 6.01. The van der Waals surface area contributed by atoms with E-state index in [1.54, 1.807) is 0 Å². The fourth-order valence-electron chi connectivity index (χ4n) is 2.08. The summed E-state index contributed by atoms with van der Waals surface area (Å²) in [4.78, 5) is 12.0. The van der Waals surface area contributed by atoms with Crippen molar-refractivity contribution in [2.24, 2.45) is 0 Å². The highest BCUT2D eigenvalue weighted by Gasteiger charge is 2.06. The van der Waals surface area contributed by atoms with E-state index in [2.05, 4.69) is 21.2 Å². The molecule has 1 amide bonds. The summed E-state index contributed by atoms with van der Waals surface area (Å²) in [5.41, 5.74) is 3.18. The lowest BCUT2D eigenvalue weighted by Crippen LogP contribution is -2.13. The van der Waals surface area contributed by atoms with E-state index in [4.69, 9.17) is 4.74 Å². The minimum absolute atomic E-state index is 0.0199. The fraction of sp³-hybridized carbons (Fsp3) is 0.278. The van der Waals surface area contributed by atoms with E-state index in [0.717, 1.165) is 21.5 Å². The van der Waals surface area contributed by atoms with E-state index in [0.29, 0.717) is 19.4 Å². The molecule has 2 aromatic carbocycles. The number of carbonyl (C=O) groups excluding carboxylic acids is 1. The van der Waals surface area contributed by atoms with Crippen molar-refractivity contribution in [1.29, 1.82) is 0 Å². The molecule has 0 spiro atoms. The molecule has 0 radical (unpaired) electrons. The minimum atomic E-state index is 0.0199. The van der Waals surface area contributed by atoms with Crippen LogP contribution in [0, 0.1) is 13.8 Å². The number of hydrogen-bond donors (Lipinski definition) is 1. The molecule has 0 heterocycles. The molecular weight excluding hydrogens is 342 g/mol. The monoisotopic (exact) mass is 361 g/mol. The molecule has 0 saturated heterocycles. The summed E-state index contributed by atoms with van der Waals surface area (Å²) < 4.78 is 6.60. The largest absolute Gasteiger partial charge is 0.494 e. The third-order valence-corrected chi connectivity index (χ3v) is 3.98. The maximum absolute atomic E-state index is 12.0. The van der Waals surface area contributed by atoms with Crippen LogP contribution in [0.2, 0.25) is 0 Å². The van der Waals surface area contributed by atoms with Gasteiger partial charge in [-0.3, -0.25) is 4.79 Å². The first-order valence-electron chi connectivity index (χ1n) is 7.30. The molecule has 0 atom stereocenters. The molecule has 4 heteroatoms. The van der Waals surface area contributed by atoms with Crippen LogP contribution in [0.3, 0.4) is 0 Å². The van der Waals surface area contributed by atoms with Crippen molar-refractivity contribution in [1.82, 2.24) is 0 Å². The van der Waals surface area contributed by atoms with Crippen LogP contribution in [0.4, 0.5) is 5.69 Å². The van der Waals surface area contributed by atoms with Crippen molar-refractivity contribution < 1.29 is 9.53 Å². The number of ether oxygens (including phenoxy) is 1. The second kappa shape index (κ2) is 7.99. The summed E-state index contributed by atoms with van der Waals surface area (Å²) in [6.07, 6.45) is 1.13. The number of rotatable bonds is 6. The highest BCUT2D eigenvalue weighted by Crippen LogP contribution is 2.19. The van der Waals surface area contributed by atoms with Crippen molar-refractivity contribution in [3.8, 4) is 5.75 Å². The van der Waals surface area contributed by atoms with Crippen LogP contribution < -0.4 is 10.1 Å². The van der Waals surface area contributed by atoms with Gasteiger partial charge in [0.15, 0.2) is 0 Å². The Morgan fingerprint density at radius 3 is 2.73 bits per heavy atom. The van der Waals surface area contributed by atoms with Gasteiger partial charge in [0.1, 0.15) is 5.75 Å². The molecule has 22 heavy (non-hydrogen) atoms. The molecule has 0 saturated carbocycles. The van der Waals surface area contributed by atoms with Crippen molar-refractivity contribution >= 4 is 27.5 Å². The van der Waals surface area contributed by atoms with Gasteiger partial charge in [-0.25, -0.2) is 0 Å². The minimum Gasteiger partial charge on any atom is -0.494 e. The van der Waals surface area contributed by atoms with Gasteiger partial charge in [-0.05, 0) is 55.7 Å². The zero-order valence-corrected chi connectivity index (χ0v) is 14.4. The zero-order chi connectivity index (χ0) is 15.9. The highest BCUT2D eigenvalue weighted by atomic mass is 79.9. The Bertz CT molecular complexity index is 655. The van der Waals surface area contributed by atoms with Gasteiger partial charge in [-0.1, -0.05) is 34.1 Å². The summed E-state index contributed by atoms with van der Waals surface area (Å²) >= 11 is 3.40. The second-order valence-corrected chi connectivity index (χ2v) is 6.12. The Morgan fingerprint density at radius 2 is 1.95 bits per heavy atom. The van der Waals surface area contributed by atoms with E-state index in [1.165, 1.54) is 5.56 Å². The van der Waals surface area contributed by atoms with Gasteiger partial charge < -0.3 is 10.1 Å². The molecular formula is C18H20BrNO2. The summed E-state index contributed by atoms with van der Waals surface area (Å²) in [6.45, 7) is 4.58. The Labute approximate surface area is 139 Å². The van der Waals surface area contributed by atoms with Crippen LogP contribution in [0.15, 0.2) is 46.9 Å². The summed E-state index contributed by atoms with van der Waals surface area (Å²) in [5, 5.41) is 2.96. The lowest BCUT2D eigenvalue weighted by Gasteiger charge is -2.10. The van der Waals surface area contributed by atoms with Crippen LogP contribution in [0.1, 0.15) is 24.0 Å². The molecule has 0 aliphatic heterocycles. The van der Waals surface area contributed by atoms with E-state index in [-0.39, 0.29) is 5.91 Å². The van der Waals surface area contributed by atoms with E-state index >= 15 is 0 Å². The molecule has 0 unspecified atom stereocenters. The normalized spacial score (nSPS) is 10.3. The molecule has 0 aliphatic carbocycles. The van der Waals surface area contributed by atoms with Gasteiger partial charge in [-0.2, -0.15) is 0 Å². The van der Waals surface area contributed by atoms with E-state index < -0.39 is 0 Å². The predicted molar refractivity (Wildman–Crippen MR) is 93.4 cm³/mol. The Hall–Kier alpha value is -1.81. The molecule has 1 N–H and O–H groups in total. The van der Waals surface area contributed by atoms with Gasteiger partial charge >= 0.3 is 0 Å². The number of carbonyl (C=O) groups is 1. The number of anilines is 1. The van der Waals surface area contributed by atoms with E-state index in [1.807, 2.05) is 56.3 Å². The van der Waals surface area contributed by atoms with Gasteiger partial charge in [0.2, 0.25) is 5.91 Å². The average Bonchev–Trinajstić information content (AvgIpc) is 2.49. The van der Waals surface area contributed by atoms with Crippen LogP contribution in [-0.4, -0.2) is 12.5 Å². The molecule has 116 valence electrons. The number of amides is 1. The molecule has 0 bridgehead atoms. The molecule has 3 nitrogen and oxygen atoms in total. The zero-order valence-electron chi connectivity index (χ0n) is 12.9. The number of halogens is 1. The highest BCUT2D eigenvalue weighted by molar-refractivity contribution is 9.10. The van der Waals surface area contributed by atoms with Crippen LogP contribution in [0.5, 0.6) is 5.75 Å². The first kappa shape index (κ1) is 16.6. The lowest BCUT2D eigenvalue weighted by molar-refractivity contribution is -0.116. The Morgan fingerprint density at radius 1 is 1.18 bits per heavy atom. The quantitative estimate of drug-likeness (QED) is 0.745. The van der Waals surface area contributed by atoms with Crippen LogP contribution in [-0.2, 0) is 4.79 Å². The standard InChI is InChI=1S/C18H20BrNO2/c1-13-6-3-9-17(14(13)2)20-18(21)10-5-11-22-16-8-4-7-15(19)12-16/h3-4,6-9,12H,5,10-11H2,1-2H3,(H,20,21). The first-order valence-corrected chi connectivity index (χ1v) is 8.10. The fourth-order valence-corrected chi connectivity index (χ4v) is 2.46. The van der Waals surface area contributed by atoms with Crippen LogP contribution >= 0.6 is 15.9 Å². The average molecular weight is 362 g/mol. The summed E-state index contributed by atoms with van der Waals surface area (Å²) in [7, 11) is 0. The SMILES string of the molecule is Cc1cccc(NC(=O)CCCOc2cccc(Br)c2)c1C. The number of nitrogens with one attached hydrogen (secondary N) is 1. The Balaban J connectivity index is 1.75. The van der Waals surface area contributed by atoms with Gasteiger partial charge in [-0.15, -0.1) is 0 Å². The second-order valence-electron chi connectivity index (χ2n) is 5.21. The first-order chi connectivity index (χ1) is 10.6. The third-order valence-electron chi connectivity index (χ3n) is 3.49. The maximum Gasteiger partial charge on any atom is 0.224 e. The predicted octanol–water partition coefficient (Wildman–Crippen LogP) is 4.86. The van der Waals surface area contributed by atoms with Crippen molar-refractivity contribution in [3.63, 3.8) is 0 Å². The van der Waals surface area contributed by atoms with Crippen molar-refractivity contribution in [3.05, 3.63) is 58.1 Å². The van der Waals surface area contributed by atoms with Crippen molar-refractivity contribution in [2.45, 2.75) is 26.7 Å². The summed E-state index contributed by atoms with van der Waals surface area (Å²) in [6, 6.07) is 13.6. The van der Waals surface area contributed by atoms with Gasteiger partial charge in [0, 0.05) is 16.6 Å². The van der Waals surface area contributed by atoms with Crippen molar-refractivity contribution in [2.75, 3.05) is 11.9 Å². The number of benzene rings is 2.